The van der Waals surface area contributed by atoms with Crippen molar-refractivity contribution in [1.82, 2.24) is 0 Å². The van der Waals surface area contributed by atoms with E-state index in [2.05, 4.69) is 9.47 Å². The Labute approximate surface area is 262 Å². The fourth-order valence-electron chi connectivity index (χ4n) is 4.50. The second-order valence-corrected chi connectivity index (χ2v) is 9.92. The number of esters is 3. The average molecular weight is 601 g/mol. The zero-order chi connectivity index (χ0) is 32.3. The van der Waals surface area contributed by atoms with Crippen LogP contribution in [0.3, 0.4) is 0 Å². The predicted molar refractivity (Wildman–Crippen MR) is 173 cm³/mol. The first-order chi connectivity index (χ1) is 21.7. The quantitative estimate of drug-likeness (QED) is 0.106. The lowest BCUT2D eigenvalue weighted by Crippen LogP contribution is -2.01. The van der Waals surface area contributed by atoms with Crippen LogP contribution in [0.5, 0.6) is 0 Å². The number of carbonyl (C=O) groups is 4. The lowest BCUT2D eigenvalue weighted by atomic mass is 9.98. The molecular formula is C38H32O7. The fraction of sp³-hybridized carbons (Fsp3) is 0.105. The molecule has 0 atom stereocenters. The van der Waals surface area contributed by atoms with Crippen molar-refractivity contribution in [3.05, 3.63) is 144 Å². The number of rotatable bonds is 7. The maximum Gasteiger partial charge on any atom is 0.337 e. The highest BCUT2D eigenvalue weighted by Gasteiger charge is 2.08. The molecule has 0 saturated heterocycles. The van der Waals surface area contributed by atoms with Crippen molar-refractivity contribution in [2.24, 2.45) is 0 Å². The van der Waals surface area contributed by atoms with Gasteiger partial charge < -0.3 is 14.2 Å². The van der Waals surface area contributed by atoms with E-state index in [9.17, 15) is 19.2 Å². The summed E-state index contributed by atoms with van der Waals surface area (Å²) in [6, 6.07) is 37.3. The van der Waals surface area contributed by atoms with Crippen molar-refractivity contribution in [3.63, 3.8) is 0 Å². The van der Waals surface area contributed by atoms with Gasteiger partial charge in [0.25, 0.3) is 0 Å². The predicted octanol–water partition coefficient (Wildman–Crippen LogP) is 7.94. The van der Waals surface area contributed by atoms with Gasteiger partial charge in [-0.15, -0.1) is 0 Å². The number of Topliss-reactive ketones (excluding diaryl/α,β-unsaturated/α-hetero) is 1. The standard InChI is InChI=1S/C22H18O3.C16H14O4/c1-15(23)16-3-5-17(6-4-16)18-7-9-19(10-8-18)20-11-13-21(14-12-20)22(24)25-2;1-19-15(17)13-7-3-11(4-8-13)12-5-9-14(10-6-12)16(18)20-2/h3-14H,1-2H3;3-10H,1-2H3. The molecule has 0 amide bonds. The summed E-state index contributed by atoms with van der Waals surface area (Å²) in [5, 5.41) is 0. The largest absolute Gasteiger partial charge is 0.465 e. The molecular weight excluding hydrogens is 568 g/mol. The Kier molecular flexibility index (Phi) is 10.8. The van der Waals surface area contributed by atoms with E-state index in [4.69, 9.17) is 4.74 Å². The molecule has 0 saturated carbocycles. The summed E-state index contributed by atoms with van der Waals surface area (Å²) < 4.78 is 14.0. The molecule has 0 aromatic heterocycles. The molecule has 7 heteroatoms. The third-order valence-corrected chi connectivity index (χ3v) is 7.09. The van der Waals surface area contributed by atoms with Crippen LogP contribution in [0.4, 0.5) is 0 Å². The molecule has 0 bridgehead atoms. The summed E-state index contributed by atoms with van der Waals surface area (Å²) in [5.74, 6) is -0.997. The maximum absolute atomic E-state index is 11.5. The van der Waals surface area contributed by atoms with Crippen molar-refractivity contribution in [2.45, 2.75) is 6.92 Å². The highest BCUT2D eigenvalue weighted by molar-refractivity contribution is 5.94. The third kappa shape index (κ3) is 8.18. The van der Waals surface area contributed by atoms with Gasteiger partial charge in [-0.3, -0.25) is 4.79 Å². The molecule has 0 aliphatic carbocycles. The number of benzene rings is 5. The van der Waals surface area contributed by atoms with E-state index in [1.165, 1.54) is 21.3 Å². The van der Waals surface area contributed by atoms with Gasteiger partial charge in [0, 0.05) is 5.56 Å². The van der Waals surface area contributed by atoms with Gasteiger partial charge in [0.15, 0.2) is 5.78 Å². The molecule has 5 aromatic rings. The Balaban J connectivity index is 0.000000210. The Morgan fingerprint density at radius 1 is 0.333 bits per heavy atom. The molecule has 0 fully saturated rings. The van der Waals surface area contributed by atoms with Gasteiger partial charge in [0.1, 0.15) is 0 Å². The first-order valence-electron chi connectivity index (χ1n) is 14.0. The van der Waals surface area contributed by atoms with Crippen LogP contribution in [0.15, 0.2) is 121 Å². The number of ketones is 1. The molecule has 0 spiro atoms. The molecule has 0 heterocycles. The van der Waals surface area contributed by atoms with E-state index in [1.807, 2.05) is 84.9 Å². The monoisotopic (exact) mass is 600 g/mol. The SMILES string of the molecule is COC(=O)c1ccc(-c2ccc(-c3ccc(C(C)=O)cc3)cc2)cc1.COC(=O)c1ccc(-c2ccc(C(=O)OC)cc2)cc1. The van der Waals surface area contributed by atoms with Crippen LogP contribution in [-0.4, -0.2) is 45.0 Å². The van der Waals surface area contributed by atoms with E-state index in [0.29, 0.717) is 22.3 Å². The molecule has 5 aromatic carbocycles. The van der Waals surface area contributed by atoms with Gasteiger partial charge >= 0.3 is 17.9 Å². The van der Waals surface area contributed by atoms with Crippen LogP contribution in [-0.2, 0) is 14.2 Å². The van der Waals surface area contributed by atoms with Crippen LogP contribution in [0.2, 0.25) is 0 Å². The maximum atomic E-state index is 11.5. The van der Waals surface area contributed by atoms with Crippen molar-refractivity contribution >= 4 is 23.7 Å². The van der Waals surface area contributed by atoms with Gasteiger partial charge in [-0.25, -0.2) is 14.4 Å². The first kappa shape index (κ1) is 32.1. The Hall–Kier alpha value is -5.82. The molecule has 226 valence electrons. The van der Waals surface area contributed by atoms with Crippen molar-refractivity contribution < 1.29 is 33.4 Å². The van der Waals surface area contributed by atoms with E-state index in [1.54, 1.807) is 43.3 Å². The number of carbonyl (C=O) groups excluding carboxylic acids is 4. The number of methoxy groups -OCH3 is 3. The lowest BCUT2D eigenvalue weighted by molar-refractivity contribution is 0.0592. The molecule has 0 aliphatic rings. The average Bonchev–Trinajstić information content (AvgIpc) is 3.11. The van der Waals surface area contributed by atoms with E-state index < -0.39 is 0 Å². The molecule has 5 rings (SSSR count). The van der Waals surface area contributed by atoms with Gasteiger partial charge in [0.05, 0.1) is 38.0 Å². The van der Waals surface area contributed by atoms with Crippen LogP contribution >= 0.6 is 0 Å². The first-order valence-corrected chi connectivity index (χ1v) is 14.0. The van der Waals surface area contributed by atoms with Gasteiger partial charge in [0.2, 0.25) is 0 Å². The van der Waals surface area contributed by atoms with Crippen LogP contribution in [0.1, 0.15) is 48.4 Å². The highest BCUT2D eigenvalue weighted by atomic mass is 16.5. The van der Waals surface area contributed by atoms with Crippen molar-refractivity contribution in [3.8, 4) is 33.4 Å². The topological polar surface area (TPSA) is 96.0 Å². The summed E-state index contributed by atoms with van der Waals surface area (Å²) in [6.45, 7) is 1.56. The summed E-state index contributed by atoms with van der Waals surface area (Å²) in [7, 11) is 4.07. The van der Waals surface area contributed by atoms with Crippen LogP contribution in [0, 0.1) is 0 Å². The normalized spacial score (nSPS) is 10.1. The molecule has 0 N–H and O–H groups in total. The zero-order valence-electron chi connectivity index (χ0n) is 25.4. The zero-order valence-corrected chi connectivity index (χ0v) is 25.4. The summed E-state index contributed by atoms with van der Waals surface area (Å²) in [4.78, 5) is 45.5. The Morgan fingerprint density at radius 2 is 0.511 bits per heavy atom. The fourth-order valence-corrected chi connectivity index (χ4v) is 4.50. The van der Waals surface area contributed by atoms with E-state index in [0.717, 1.165) is 33.4 Å². The lowest BCUT2D eigenvalue weighted by Gasteiger charge is -2.06. The van der Waals surface area contributed by atoms with Crippen LogP contribution in [0.25, 0.3) is 33.4 Å². The van der Waals surface area contributed by atoms with Gasteiger partial charge in [-0.05, 0) is 76.7 Å². The molecule has 0 aliphatic heterocycles. The van der Waals surface area contributed by atoms with Gasteiger partial charge in [-0.1, -0.05) is 84.9 Å². The number of ether oxygens (including phenoxy) is 3. The molecule has 7 nitrogen and oxygen atoms in total. The van der Waals surface area contributed by atoms with Crippen LogP contribution < -0.4 is 0 Å². The number of hydrogen-bond donors (Lipinski definition) is 0. The van der Waals surface area contributed by atoms with Gasteiger partial charge in [-0.2, -0.15) is 0 Å². The Morgan fingerprint density at radius 3 is 0.689 bits per heavy atom. The van der Waals surface area contributed by atoms with Crippen molar-refractivity contribution in [1.29, 1.82) is 0 Å². The number of hydrogen-bond acceptors (Lipinski definition) is 7. The Bertz CT molecular complexity index is 1710. The second-order valence-electron chi connectivity index (χ2n) is 9.92. The molecule has 0 radical (unpaired) electrons. The minimum atomic E-state index is -0.363. The summed E-state index contributed by atoms with van der Waals surface area (Å²) in [6.07, 6.45) is 0. The van der Waals surface area contributed by atoms with Crippen molar-refractivity contribution in [2.75, 3.05) is 21.3 Å². The molecule has 45 heavy (non-hydrogen) atoms. The molecule has 0 unspecified atom stereocenters. The second kappa shape index (κ2) is 15.1. The minimum Gasteiger partial charge on any atom is -0.465 e. The smallest absolute Gasteiger partial charge is 0.337 e. The van der Waals surface area contributed by atoms with E-state index >= 15 is 0 Å². The van der Waals surface area contributed by atoms with E-state index in [-0.39, 0.29) is 23.7 Å². The third-order valence-electron chi connectivity index (χ3n) is 7.09. The summed E-state index contributed by atoms with van der Waals surface area (Å²) in [5.41, 5.74) is 8.42. The minimum absolute atomic E-state index is 0.0669. The highest BCUT2D eigenvalue weighted by Crippen LogP contribution is 2.26. The summed E-state index contributed by atoms with van der Waals surface area (Å²) >= 11 is 0.